The average molecular weight is 202 g/mol. The molecule has 1 fully saturated rings. The zero-order chi connectivity index (χ0) is 9.68. The van der Waals surface area contributed by atoms with Crippen LogP contribution in [0, 0.1) is 5.92 Å². The predicted molar refractivity (Wildman–Crippen MR) is 60.2 cm³/mol. The lowest BCUT2D eigenvalue weighted by atomic mass is 9.91. The van der Waals surface area contributed by atoms with Crippen molar-refractivity contribution in [2.75, 3.05) is 5.75 Å². The molecule has 0 radical (unpaired) electrons. The Morgan fingerprint density at radius 1 is 1.23 bits per heavy atom. The normalized spacial score (nSPS) is 24.2. The number of aliphatic hydroxyl groups excluding tert-OH is 1. The van der Waals surface area contributed by atoms with Crippen LogP contribution in [-0.4, -0.2) is 22.2 Å². The SMILES string of the molecule is CC(O)C(C)SCC1CCCCC1. The van der Waals surface area contributed by atoms with E-state index >= 15 is 0 Å². The number of aliphatic hydroxyl groups is 1. The van der Waals surface area contributed by atoms with Crippen molar-refractivity contribution in [2.45, 2.75) is 57.3 Å². The van der Waals surface area contributed by atoms with Gasteiger partial charge >= 0.3 is 0 Å². The molecule has 1 aliphatic rings. The smallest absolute Gasteiger partial charge is 0.0627 e. The molecule has 2 unspecified atom stereocenters. The quantitative estimate of drug-likeness (QED) is 0.756. The highest BCUT2D eigenvalue weighted by atomic mass is 32.2. The predicted octanol–water partition coefficient (Wildman–Crippen LogP) is 3.07. The Morgan fingerprint density at radius 3 is 2.38 bits per heavy atom. The summed E-state index contributed by atoms with van der Waals surface area (Å²) in [6, 6.07) is 0. The average Bonchev–Trinajstić information content (AvgIpc) is 2.15. The number of rotatable bonds is 4. The summed E-state index contributed by atoms with van der Waals surface area (Å²) in [6.07, 6.45) is 6.96. The summed E-state index contributed by atoms with van der Waals surface area (Å²) in [4.78, 5) is 0. The Hall–Kier alpha value is 0.310. The third kappa shape index (κ3) is 4.37. The molecule has 1 N–H and O–H groups in total. The van der Waals surface area contributed by atoms with Gasteiger partial charge in [0.05, 0.1) is 6.10 Å². The van der Waals surface area contributed by atoms with Gasteiger partial charge in [0.2, 0.25) is 0 Å². The van der Waals surface area contributed by atoms with Crippen LogP contribution in [0.1, 0.15) is 46.0 Å². The minimum Gasteiger partial charge on any atom is -0.392 e. The first-order valence-corrected chi connectivity index (χ1v) is 6.54. The molecule has 0 amide bonds. The Morgan fingerprint density at radius 2 is 1.85 bits per heavy atom. The standard InChI is InChI=1S/C11H22OS/c1-9(12)10(2)13-8-11-6-4-3-5-7-11/h9-12H,3-8H2,1-2H3. The van der Waals surface area contributed by atoms with E-state index in [2.05, 4.69) is 6.92 Å². The molecule has 0 saturated heterocycles. The highest BCUT2D eigenvalue weighted by Gasteiger charge is 2.16. The van der Waals surface area contributed by atoms with E-state index in [1.165, 1.54) is 37.9 Å². The van der Waals surface area contributed by atoms with E-state index < -0.39 is 0 Å². The summed E-state index contributed by atoms with van der Waals surface area (Å²) in [5, 5.41) is 9.73. The second-order valence-corrected chi connectivity index (χ2v) is 5.69. The van der Waals surface area contributed by atoms with Crippen molar-refractivity contribution in [3.05, 3.63) is 0 Å². The van der Waals surface area contributed by atoms with Crippen LogP contribution in [-0.2, 0) is 0 Å². The number of thioether (sulfide) groups is 1. The van der Waals surface area contributed by atoms with Crippen molar-refractivity contribution >= 4 is 11.8 Å². The zero-order valence-electron chi connectivity index (χ0n) is 8.83. The Labute approximate surface area is 86.3 Å². The minimum absolute atomic E-state index is 0.159. The monoisotopic (exact) mass is 202 g/mol. The fourth-order valence-corrected chi connectivity index (χ4v) is 2.97. The third-order valence-corrected chi connectivity index (χ3v) is 4.58. The van der Waals surface area contributed by atoms with Gasteiger partial charge in [-0.05, 0) is 31.4 Å². The lowest BCUT2D eigenvalue weighted by Crippen LogP contribution is -2.18. The molecule has 0 aromatic heterocycles. The lowest BCUT2D eigenvalue weighted by Gasteiger charge is -2.23. The molecule has 0 bridgehead atoms. The number of hydrogen-bond acceptors (Lipinski definition) is 2. The summed E-state index contributed by atoms with van der Waals surface area (Å²) >= 11 is 1.94. The molecule has 0 spiro atoms. The second-order valence-electron chi connectivity index (χ2n) is 4.28. The summed E-state index contributed by atoms with van der Waals surface area (Å²) in [7, 11) is 0. The van der Waals surface area contributed by atoms with Crippen molar-refractivity contribution in [1.29, 1.82) is 0 Å². The van der Waals surface area contributed by atoms with Gasteiger partial charge in [-0.15, -0.1) is 0 Å². The summed E-state index contributed by atoms with van der Waals surface area (Å²) < 4.78 is 0. The molecule has 13 heavy (non-hydrogen) atoms. The van der Waals surface area contributed by atoms with Gasteiger partial charge in [0.25, 0.3) is 0 Å². The molecule has 0 aliphatic heterocycles. The van der Waals surface area contributed by atoms with Gasteiger partial charge in [-0.1, -0.05) is 26.2 Å². The molecule has 1 nitrogen and oxygen atoms in total. The van der Waals surface area contributed by atoms with Crippen molar-refractivity contribution in [2.24, 2.45) is 5.92 Å². The topological polar surface area (TPSA) is 20.2 Å². The van der Waals surface area contributed by atoms with Gasteiger partial charge < -0.3 is 5.11 Å². The van der Waals surface area contributed by atoms with Crippen LogP contribution < -0.4 is 0 Å². The minimum atomic E-state index is -0.159. The van der Waals surface area contributed by atoms with Gasteiger partial charge in [0.15, 0.2) is 0 Å². The van der Waals surface area contributed by atoms with Gasteiger partial charge in [-0.2, -0.15) is 11.8 Å². The molecule has 1 saturated carbocycles. The Balaban J connectivity index is 2.10. The van der Waals surface area contributed by atoms with E-state index in [1.807, 2.05) is 18.7 Å². The summed E-state index contributed by atoms with van der Waals surface area (Å²) in [6.45, 7) is 4.01. The van der Waals surface area contributed by atoms with Crippen LogP contribution in [0.5, 0.6) is 0 Å². The maximum Gasteiger partial charge on any atom is 0.0627 e. The van der Waals surface area contributed by atoms with E-state index in [9.17, 15) is 5.11 Å². The molecular weight excluding hydrogens is 180 g/mol. The molecule has 2 heteroatoms. The van der Waals surface area contributed by atoms with E-state index in [4.69, 9.17) is 0 Å². The van der Waals surface area contributed by atoms with Crippen molar-refractivity contribution in [1.82, 2.24) is 0 Å². The van der Waals surface area contributed by atoms with Crippen molar-refractivity contribution in [3.63, 3.8) is 0 Å². The molecule has 2 atom stereocenters. The van der Waals surface area contributed by atoms with Crippen molar-refractivity contribution < 1.29 is 5.11 Å². The van der Waals surface area contributed by atoms with Crippen LogP contribution in [0.4, 0.5) is 0 Å². The summed E-state index contributed by atoms with van der Waals surface area (Å²) in [5.74, 6) is 2.19. The number of hydrogen-bond donors (Lipinski definition) is 1. The van der Waals surface area contributed by atoms with Crippen LogP contribution in [0.2, 0.25) is 0 Å². The lowest BCUT2D eigenvalue weighted by molar-refractivity contribution is 0.196. The van der Waals surface area contributed by atoms with Gasteiger partial charge in [-0.3, -0.25) is 0 Å². The fourth-order valence-electron chi connectivity index (χ4n) is 1.78. The Kier molecular flexibility index (Phi) is 5.18. The maximum atomic E-state index is 9.33. The first kappa shape index (κ1) is 11.4. The fraction of sp³-hybridized carbons (Fsp3) is 1.00. The molecule has 78 valence electrons. The van der Waals surface area contributed by atoms with Crippen LogP contribution in [0.15, 0.2) is 0 Å². The molecule has 1 rings (SSSR count). The Bertz CT molecular complexity index is 130. The van der Waals surface area contributed by atoms with Gasteiger partial charge in [0.1, 0.15) is 0 Å². The second kappa shape index (κ2) is 5.92. The van der Waals surface area contributed by atoms with Crippen LogP contribution in [0.25, 0.3) is 0 Å². The van der Waals surface area contributed by atoms with E-state index in [0.717, 1.165) is 5.92 Å². The third-order valence-electron chi connectivity index (χ3n) is 3.00. The molecular formula is C11H22OS. The molecule has 1 aliphatic carbocycles. The first-order chi connectivity index (χ1) is 6.20. The van der Waals surface area contributed by atoms with Crippen LogP contribution in [0.3, 0.4) is 0 Å². The van der Waals surface area contributed by atoms with E-state index in [1.54, 1.807) is 0 Å². The highest BCUT2D eigenvalue weighted by Crippen LogP contribution is 2.28. The van der Waals surface area contributed by atoms with Crippen LogP contribution >= 0.6 is 11.8 Å². The summed E-state index contributed by atoms with van der Waals surface area (Å²) in [5.41, 5.74) is 0. The largest absolute Gasteiger partial charge is 0.392 e. The molecule has 0 aromatic carbocycles. The zero-order valence-corrected chi connectivity index (χ0v) is 9.65. The molecule has 0 aromatic rings. The highest BCUT2D eigenvalue weighted by molar-refractivity contribution is 7.99. The van der Waals surface area contributed by atoms with Crippen molar-refractivity contribution in [3.8, 4) is 0 Å². The van der Waals surface area contributed by atoms with Gasteiger partial charge in [-0.25, -0.2) is 0 Å². The maximum absolute atomic E-state index is 9.33. The first-order valence-electron chi connectivity index (χ1n) is 5.50. The molecule has 0 heterocycles. The van der Waals surface area contributed by atoms with E-state index in [0.29, 0.717) is 5.25 Å². The van der Waals surface area contributed by atoms with Gasteiger partial charge in [0, 0.05) is 5.25 Å². The van der Waals surface area contributed by atoms with E-state index in [-0.39, 0.29) is 6.10 Å².